The molecule has 1 aromatic rings. The van der Waals surface area contributed by atoms with Crippen molar-refractivity contribution in [2.75, 3.05) is 35.6 Å². The lowest BCUT2D eigenvalue weighted by atomic mass is 10.2. The van der Waals surface area contributed by atoms with Crippen LogP contribution in [0, 0.1) is 5.82 Å². The Morgan fingerprint density at radius 2 is 1.94 bits per heavy atom. The Balaban J connectivity index is 2.60. The van der Waals surface area contributed by atoms with Gasteiger partial charge in [0, 0.05) is 26.2 Å². The number of rotatable bonds is 1. The van der Waals surface area contributed by atoms with Crippen LogP contribution in [0.4, 0.5) is 15.8 Å². The molecule has 17 heavy (non-hydrogen) atoms. The SMILES string of the molecule is CN1CCCN(S(C)(=O)=O)c2cc(F)ccc21. The minimum atomic E-state index is -3.36. The van der Waals surface area contributed by atoms with Gasteiger partial charge < -0.3 is 4.90 Å². The molecule has 0 aromatic heterocycles. The van der Waals surface area contributed by atoms with Crippen LogP contribution in [0.5, 0.6) is 0 Å². The summed E-state index contributed by atoms with van der Waals surface area (Å²) < 4.78 is 38.0. The highest BCUT2D eigenvalue weighted by Gasteiger charge is 2.24. The molecule has 0 atom stereocenters. The van der Waals surface area contributed by atoms with Crippen LogP contribution < -0.4 is 9.21 Å². The van der Waals surface area contributed by atoms with Crippen LogP contribution in [0.3, 0.4) is 0 Å². The molecule has 0 bridgehead atoms. The molecule has 2 rings (SSSR count). The third-order valence-corrected chi connectivity index (χ3v) is 4.05. The van der Waals surface area contributed by atoms with Crippen molar-refractivity contribution in [3.05, 3.63) is 24.0 Å². The Labute approximate surface area is 101 Å². The summed E-state index contributed by atoms with van der Waals surface area (Å²) in [7, 11) is -1.49. The fourth-order valence-electron chi connectivity index (χ4n) is 2.06. The number of hydrogen-bond donors (Lipinski definition) is 0. The molecule has 1 aromatic carbocycles. The molecule has 1 aliphatic rings. The Kier molecular flexibility index (Phi) is 2.99. The Hall–Kier alpha value is -1.30. The Morgan fingerprint density at radius 1 is 1.24 bits per heavy atom. The van der Waals surface area contributed by atoms with E-state index in [0.717, 1.165) is 24.9 Å². The molecule has 0 saturated heterocycles. The summed E-state index contributed by atoms with van der Waals surface area (Å²) in [5.74, 6) is -0.423. The predicted molar refractivity (Wildman–Crippen MR) is 66.5 cm³/mol. The van der Waals surface area contributed by atoms with E-state index in [1.807, 2.05) is 11.9 Å². The van der Waals surface area contributed by atoms with E-state index < -0.39 is 15.8 Å². The molecular formula is C11H15FN2O2S. The van der Waals surface area contributed by atoms with E-state index in [1.165, 1.54) is 16.4 Å². The number of fused-ring (bicyclic) bond motifs is 1. The average molecular weight is 258 g/mol. The molecule has 0 N–H and O–H groups in total. The number of hydrogen-bond acceptors (Lipinski definition) is 3. The summed E-state index contributed by atoms with van der Waals surface area (Å²) in [5, 5.41) is 0. The maximum Gasteiger partial charge on any atom is 0.232 e. The van der Waals surface area contributed by atoms with Crippen molar-refractivity contribution >= 4 is 21.4 Å². The van der Waals surface area contributed by atoms with E-state index in [1.54, 1.807) is 6.07 Å². The normalized spacial score (nSPS) is 16.6. The van der Waals surface area contributed by atoms with E-state index in [9.17, 15) is 12.8 Å². The van der Waals surface area contributed by atoms with Crippen molar-refractivity contribution < 1.29 is 12.8 Å². The van der Waals surface area contributed by atoms with Gasteiger partial charge in [0.2, 0.25) is 10.0 Å². The van der Waals surface area contributed by atoms with Crippen LogP contribution in [0.1, 0.15) is 6.42 Å². The van der Waals surface area contributed by atoms with Crippen LogP contribution in [-0.4, -0.2) is 34.8 Å². The van der Waals surface area contributed by atoms with Crippen molar-refractivity contribution in [2.45, 2.75) is 6.42 Å². The molecule has 4 nitrogen and oxygen atoms in total. The van der Waals surface area contributed by atoms with Crippen molar-refractivity contribution in [3.8, 4) is 0 Å². The maximum absolute atomic E-state index is 13.3. The highest BCUT2D eigenvalue weighted by molar-refractivity contribution is 7.92. The van der Waals surface area contributed by atoms with Gasteiger partial charge in [0.1, 0.15) is 5.82 Å². The quantitative estimate of drug-likeness (QED) is 0.765. The summed E-state index contributed by atoms with van der Waals surface area (Å²) in [5.41, 5.74) is 1.17. The molecule has 0 unspecified atom stereocenters. The van der Waals surface area contributed by atoms with Gasteiger partial charge in [-0.3, -0.25) is 4.31 Å². The average Bonchev–Trinajstić information content (AvgIpc) is 2.37. The zero-order chi connectivity index (χ0) is 12.6. The van der Waals surface area contributed by atoms with Crippen molar-refractivity contribution in [1.82, 2.24) is 0 Å². The van der Waals surface area contributed by atoms with E-state index in [-0.39, 0.29) is 0 Å². The largest absolute Gasteiger partial charge is 0.373 e. The third kappa shape index (κ3) is 2.36. The second kappa shape index (κ2) is 4.18. The van der Waals surface area contributed by atoms with E-state index in [0.29, 0.717) is 12.2 Å². The van der Waals surface area contributed by atoms with Gasteiger partial charge in [-0.15, -0.1) is 0 Å². The predicted octanol–water partition coefficient (Wildman–Crippen LogP) is 1.43. The lowest BCUT2D eigenvalue weighted by Crippen LogP contribution is -2.30. The second-order valence-corrected chi connectivity index (χ2v) is 6.15. The summed E-state index contributed by atoms with van der Waals surface area (Å²) in [4.78, 5) is 1.94. The van der Waals surface area contributed by atoms with E-state index in [2.05, 4.69) is 0 Å². The van der Waals surface area contributed by atoms with Gasteiger partial charge in [-0.1, -0.05) is 0 Å². The molecule has 94 valence electrons. The summed E-state index contributed by atoms with van der Waals surface area (Å²) in [6.45, 7) is 1.14. The van der Waals surface area contributed by atoms with Crippen molar-refractivity contribution in [2.24, 2.45) is 0 Å². The van der Waals surface area contributed by atoms with Gasteiger partial charge in [0.05, 0.1) is 17.6 Å². The van der Waals surface area contributed by atoms with Crippen LogP contribution in [0.25, 0.3) is 0 Å². The van der Waals surface area contributed by atoms with Gasteiger partial charge >= 0.3 is 0 Å². The number of anilines is 2. The zero-order valence-electron chi connectivity index (χ0n) is 9.85. The minimum absolute atomic E-state index is 0.389. The monoisotopic (exact) mass is 258 g/mol. The first-order valence-corrected chi connectivity index (χ1v) is 7.23. The Bertz CT molecular complexity index is 530. The van der Waals surface area contributed by atoms with Crippen LogP contribution in [0.2, 0.25) is 0 Å². The molecule has 1 aliphatic heterocycles. The standard InChI is InChI=1S/C11H15FN2O2S/c1-13-6-3-7-14(17(2,15)16)11-8-9(12)4-5-10(11)13/h4-5,8H,3,6-7H2,1-2H3. The number of sulfonamides is 1. The molecule has 0 spiro atoms. The molecule has 6 heteroatoms. The maximum atomic E-state index is 13.3. The highest BCUT2D eigenvalue weighted by atomic mass is 32.2. The second-order valence-electron chi connectivity index (χ2n) is 4.24. The first kappa shape index (κ1) is 12.2. The van der Waals surface area contributed by atoms with Crippen molar-refractivity contribution in [1.29, 1.82) is 0 Å². The lowest BCUT2D eigenvalue weighted by molar-refractivity contribution is 0.595. The molecule has 1 heterocycles. The van der Waals surface area contributed by atoms with Gasteiger partial charge in [0.15, 0.2) is 0 Å². The van der Waals surface area contributed by atoms with Crippen LogP contribution in [-0.2, 0) is 10.0 Å². The molecule has 0 aliphatic carbocycles. The third-order valence-electron chi connectivity index (χ3n) is 2.87. The van der Waals surface area contributed by atoms with E-state index in [4.69, 9.17) is 0 Å². The topological polar surface area (TPSA) is 40.6 Å². The van der Waals surface area contributed by atoms with Gasteiger partial charge in [-0.05, 0) is 18.6 Å². The number of halogens is 1. The van der Waals surface area contributed by atoms with Crippen LogP contribution >= 0.6 is 0 Å². The fourth-order valence-corrected chi connectivity index (χ4v) is 3.02. The van der Waals surface area contributed by atoms with Gasteiger partial charge in [-0.25, -0.2) is 12.8 Å². The fraction of sp³-hybridized carbons (Fsp3) is 0.455. The number of benzene rings is 1. The Morgan fingerprint density at radius 3 is 2.59 bits per heavy atom. The van der Waals surface area contributed by atoms with Gasteiger partial charge in [-0.2, -0.15) is 0 Å². The summed E-state index contributed by atoms with van der Waals surface area (Å²) in [6.07, 6.45) is 1.87. The molecule has 0 radical (unpaired) electrons. The van der Waals surface area contributed by atoms with Crippen LogP contribution in [0.15, 0.2) is 18.2 Å². The van der Waals surface area contributed by atoms with E-state index >= 15 is 0 Å². The van der Waals surface area contributed by atoms with Crippen molar-refractivity contribution in [3.63, 3.8) is 0 Å². The number of nitrogens with zero attached hydrogens (tertiary/aromatic N) is 2. The first-order chi connectivity index (χ1) is 7.89. The summed E-state index contributed by atoms with van der Waals surface area (Å²) in [6, 6.07) is 4.24. The molecular weight excluding hydrogens is 243 g/mol. The zero-order valence-corrected chi connectivity index (χ0v) is 10.7. The summed E-state index contributed by atoms with van der Waals surface area (Å²) >= 11 is 0. The minimum Gasteiger partial charge on any atom is -0.373 e. The lowest BCUT2D eigenvalue weighted by Gasteiger charge is -2.23. The molecule has 0 saturated carbocycles. The van der Waals surface area contributed by atoms with Gasteiger partial charge in [0.25, 0.3) is 0 Å². The smallest absolute Gasteiger partial charge is 0.232 e. The first-order valence-electron chi connectivity index (χ1n) is 5.38. The highest BCUT2D eigenvalue weighted by Crippen LogP contribution is 2.33. The molecule has 0 fully saturated rings. The molecule has 0 amide bonds.